The second-order valence-corrected chi connectivity index (χ2v) is 8.10. The third-order valence-corrected chi connectivity index (χ3v) is 6.11. The number of hydrogen-bond donors (Lipinski definition) is 2. The zero-order chi connectivity index (χ0) is 20.5. The van der Waals surface area contributed by atoms with Gasteiger partial charge < -0.3 is 15.3 Å². The second kappa shape index (κ2) is 7.93. The summed E-state index contributed by atoms with van der Waals surface area (Å²) in [6, 6.07) is 11.9. The summed E-state index contributed by atoms with van der Waals surface area (Å²) in [5.41, 5.74) is 5.86. The molecule has 0 spiro atoms. The molecule has 0 fully saturated rings. The number of aliphatic hydroxyl groups excluding tert-OH is 1. The Balaban J connectivity index is 1.50. The fourth-order valence-corrected chi connectivity index (χ4v) is 4.40. The van der Waals surface area contributed by atoms with Crippen molar-refractivity contribution in [1.82, 2.24) is 9.36 Å². The zero-order valence-electron chi connectivity index (χ0n) is 16.8. The number of hydrogen-bond acceptors (Lipinski definition) is 6. The van der Waals surface area contributed by atoms with E-state index in [4.69, 9.17) is 0 Å². The topological polar surface area (TPSA) is 78.4 Å². The molecule has 2 N–H and O–H groups in total. The van der Waals surface area contributed by atoms with Crippen LogP contribution >= 0.6 is 11.5 Å². The van der Waals surface area contributed by atoms with Gasteiger partial charge in [-0.2, -0.15) is 4.37 Å². The molecular weight excluding hydrogens is 384 g/mol. The number of benzene rings is 2. The molecule has 7 heteroatoms. The van der Waals surface area contributed by atoms with Gasteiger partial charge in [0, 0.05) is 23.5 Å². The van der Waals surface area contributed by atoms with Crippen molar-refractivity contribution in [2.75, 3.05) is 23.3 Å². The van der Waals surface area contributed by atoms with Crippen LogP contribution in [0, 0.1) is 13.8 Å². The van der Waals surface area contributed by atoms with Gasteiger partial charge in [-0.25, -0.2) is 4.98 Å². The summed E-state index contributed by atoms with van der Waals surface area (Å²) in [7, 11) is 0. The third kappa shape index (κ3) is 3.88. The standard InChI is InChI=1S/C22H24N4O2S/c1-13-7-8-16(22-24-15(3)25-29-22)11-19(13)23-12-21(28)26-10-9-18-17(14(2)27)5-4-6-20(18)26/h4-8,11,14,23,27H,9-10,12H2,1-3H3. The van der Waals surface area contributed by atoms with Gasteiger partial charge in [-0.1, -0.05) is 24.3 Å². The van der Waals surface area contributed by atoms with Crippen LogP contribution in [0.3, 0.4) is 0 Å². The molecule has 29 heavy (non-hydrogen) atoms. The summed E-state index contributed by atoms with van der Waals surface area (Å²) in [5.74, 6) is 0.780. The van der Waals surface area contributed by atoms with Crippen molar-refractivity contribution in [3.8, 4) is 10.6 Å². The first-order valence-electron chi connectivity index (χ1n) is 9.69. The molecule has 1 aliphatic heterocycles. The fraction of sp³-hybridized carbons (Fsp3) is 0.318. The molecule has 0 aliphatic carbocycles. The van der Waals surface area contributed by atoms with Crippen molar-refractivity contribution in [3.63, 3.8) is 0 Å². The first-order valence-corrected chi connectivity index (χ1v) is 10.5. The summed E-state index contributed by atoms with van der Waals surface area (Å²) < 4.78 is 4.24. The highest BCUT2D eigenvalue weighted by Gasteiger charge is 2.27. The van der Waals surface area contributed by atoms with E-state index in [1.807, 2.05) is 55.1 Å². The number of carbonyl (C=O) groups excluding carboxylic acids is 1. The molecular formula is C22H24N4O2S. The Morgan fingerprint density at radius 1 is 1.31 bits per heavy atom. The summed E-state index contributed by atoms with van der Waals surface area (Å²) in [6.07, 6.45) is 0.236. The number of aromatic nitrogens is 2. The molecule has 150 valence electrons. The summed E-state index contributed by atoms with van der Waals surface area (Å²) in [4.78, 5) is 19.2. The largest absolute Gasteiger partial charge is 0.389 e. The monoisotopic (exact) mass is 408 g/mol. The number of fused-ring (bicyclic) bond motifs is 1. The van der Waals surface area contributed by atoms with Gasteiger partial charge in [0.1, 0.15) is 10.8 Å². The van der Waals surface area contributed by atoms with Crippen LogP contribution in [0.1, 0.15) is 35.5 Å². The minimum absolute atomic E-state index is 0.0167. The predicted molar refractivity (Wildman–Crippen MR) is 116 cm³/mol. The number of amides is 1. The Bertz CT molecular complexity index is 1060. The number of carbonyl (C=O) groups is 1. The number of aryl methyl sites for hydroxylation is 2. The summed E-state index contributed by atoms with van der Waals surface area (Å²) in [5, 5.41) is 14.2. The zero-order valence-corrected chi connectivity index (χ0v) is 17.6. The molecule has 1 amide bonds. The molecule has 0 saturated heterocycles. The highest BCUT2D eigenvalue weighted by molar-refractivity contribution is 7.09. The van der Waals surface area contributed by atoms with Crippen molar-refractivity contribution in [1.29, 1.82) is 0 Å². The number of nitrogens with one attached hydrogen (secondary N) is 1. The average molecular weight is 409 g/mol. The van der Waals surface area contributed by atoms with Crippen LogP contribution in [0.15, 0.2) is 36.4 Å². The van der Waals surface area contributed by atoms with Crippen molar-refractivity contribution >= 4 is 28.8 Å². The molecule has 1 aromatic heterocycles. The first kappa shape index (κ1) is 19.5. The maximum Gasteiger partial charge on any atom is 0.246 e. The Kier molecular flexibility index (Phi) is 5.34. The highest BCUT2D eigenvalue weighted by Crippen LogP contribution is 2.33. The minimum Gasteiger partial charge on any atom is -0.389 e. The van der Waals surface area contributed by atoms with Gasteiger partial charge in [0.25, 0.3) is 0 Å². The molecule has 1 unspecified atom stereocenters. The van der Waals surface area contributed by atoms with Crippen LogP contribution in [-0.2, 0) is 11.2 Å². The molecule has 1 atom stereocenters. The average Bonchev–Trinajstić information content (AvgIpc) is 3.33. The Hall–Kier alpha value is -2.77. The lowest BCUT2D eigenvalue weighted by molar-refractivity contribution is -0.116. The van der Waals surface area contributed by atoms with Crippen molar-refractivity contribution < 1.29 is 9.90 Å². The maximum atomic E-state index is 12.9. The van der Waals surface area contributed by atoms with E-state index >= 15 is 0 Å². The van der Waals surface area contributed by atoms with E-state index < -0.39 is 6.10 Å². The fourth-order valence-electron chi connectivity index (χ4n) is 3.74. The molecule has 1 aliphatic rings. The molecule has 4 rings (SSSR count). The van der Waals surface area contributed by atoms with Crippen LogP contribution in [0.4, 0.5) is 11.4 Å². The number of nitrogens with zero attached hydrogens (tertiary/aromatic N) is 3. The first-order chi connectivity index (χ1) is 13.9. The van der Waals surface area contributed by atoms with E-state index in [-0.39, 0.29) is 12.5 Å². The lowest BCUT2D eigenvalue weighted by Gasteiger charge is -2.19. The normalized spacial score (nSPS) is 14.0. The molecule has 0 saturated carbocycles. The van der Waals surface area contributed by atoms with Gasteiger partial charge in [0.15, 0.2) is 0 Å². The van der Waals surface area contributed by atoms with Gasteiger partial charge in [-0.3, -0.25) is 4.79 Å². The van der Waals surface area contributed by atoms with E-state index in [1.165, 1.54) is 11.5 Å². The lowest BCUT2D eigenvalue weighted by Crippen LogP contribution is -2.34. The van der Waals surface area contributed by atoms with Crippen molar-refractivity contribution in [2.45, 2.75) is 33.3 Å². The number of rotatable bonds is 5. The Labute approximate surface area is 174 Å². The lowest BCUT2D eigenvalue weighted by atomic mass is 10.0. The summed E-state index contributed by atoms with van der Waals surface area (Å²) in [6.45, 7) is 6.50. The van der Waals surface area contributed by atoms with Crippen LogP contribution in [0.2, 0.25) is 0 Å². The highest BCUT2D eigenvalue weighted by atomic mass is 32.1. The van der Waals surface area contributed by atoms with Gasteiger partial charge >= 0.3 is 0 Å². The number of aliphatic hydroxyl groups is 1. The van der Waals surface area contributed by atoms with Crippen molar-refractivity contribution in [2.24, 2.45) is 0 Å². The summed E-state index contributed by atoms with van der Waals surface area (Å²) >= 11 is 1.37. The van der Waals surface area contributed by atoms with E-state index in [2.05, 4.69) is 14.7 Å². The quantitative estimate of drug-likeness (QED) is 0.670. The van der Waals surface area contributed by atoms with Crippen LogP contribution in [0.5, 0.6) is 0 Å². The second-order valence-electron chi connectivity index (χ2n) is 7.35. The number of anilines is 2. The maximum absolute atomic E-state index is 12.9. The SMILES string of the molecule is Cc1nsc(-c2ccc(C)c(NCC(=O)N3CCc4c(C(C)O)cccc43)c2)n1. The van der Waals surface area contributed by atoms with Crippen LogP contribution in [-0.4, -0.2) is 33.5 Å². The van der Waals surface area contributed by atoms with E-state index in [1.54, 1.807) is 6.92 Å². The molecule has 6 nitrogen and oxygen atoms in total. The van der Waals surface area contributed by atoms with E-state index in [0.29, 0.717) is 6.54 Å². The van der Waals surface area contributed by atoms with Crippen LogP contribution < -0.4 is 10.2 Å². The Morgan fingerprint density at radius 2 is 2.14 bits per heavy atom. The van der Waals surface area contributed by atoms with E-state index in [0.717, 1.165) is 50.9 Å². The minimum atomic E-state index is -0.535. The van der Waals surface area contributed by atoms with Crippen LogP contribution in [0.25, 0.3) is 10.6 Å². The van der Waals surface area contributed by atoms with Gasteiger partial charge in [-0.05, 0) is 67.5 Å². The Morgan fingerprint density at radius 3 is 2.86 bits per heavy atom. The predicted octanol–water partition coefficient (Wildman–Crippen LogP) is 3.88. The molecule has 0 bridgehead atoms. The molecule has 2 heterocycles. The van der Waals surface area contributed by atoms with Gasteiger partial charge in [0.2, 0.25) is 5.91 Å². The van der Waals surface area contributed by atoms with Crippen molar-refractivity contribution in [3.05, 3.63) is 58.9 Å². The molecule has 0 radical (unpaired) electrons. The van der Waals surface area contributed by atoms with E-state index in [9.17, 15) is 9.90 Å². The molecule has 3 aromatic rings. The molecule has 2 aromatic carbocycles. The smallest absolute Gasteiger partial charge is 0.246 e. The third-order valence-electron chi connectivity index (χ3n) is 5.26. The van der Waals surface area contributed by atoms with Gasteiger partial charge in [0.05, 0.1) is 12.6 Å². The van der Waals surface area contributed by atoms with Gasteiger partial charge in [-0.15, -0.1) is 0 Å².